The number of hydrogen-bond acceptors (Lipinski definition) is 0. The summed E-state index contributed by atoms with van der Waals surface area (Å²) in [6.45, 7) is 4.30. The van der Waals surface area contributed by atoms with Crippen LogP contribution in [0, 0.1) is 0 Å². The summed E-state index contributed by atoms with van der Waals surface area (Å²) < 4.78 is 49.0. The Hall–Kier alpha value is -1.06. The van der Waals surface area contributed by atoms with Crippen LogP contribution in [0.5, 0.6) is 0 Å². The molecule has 0 fully saturated rings. The first-order valence-electron chi connectivity index (χ1n) is 3.99. The Morgan fingerprint density at radius 1 is 1.00 bits per heavy atom. The SMILES string of the molecule is CC(C)=CC=C(C=C(C)F)C(F)(F)F. The molecule has 0 rings (SSSR count). The average Bonchev–Trinajstić information content (AvgIpc) is 1.94. The van der Waals surface area contributed by atoms with Gasteiger partial charge in [0.1, 0.15) is 0 Å². The van der Waals surface area contributed by atoms with Gasteiger partial charge in [-0.25, -0.2) is 4.39 Å². The van der Waals surface area contributed by atoms with Gasteiger partial charge in [0.05, 0.1) is 11.4 Å². The molecule has 0 heterocycles. The number of hydrogen-bond donors (Lipinski definition) is 0. The topological polar surface area (TPSA) is 0 Å². The zero-order valence-corrected chi connectivity index (χ0v) is 8.24. The Bertz CT molecular complexity index is 271. The van der Waals surface area contributed by atoms with Crippen molar-refractivity contribution in [3.63, 3.8) is 0 Å². The minimum Gasteiger partial charge on any atom is -0.212 e. The highest BCUT2D eigenvalue weighted by Crippen LogP contribution is 2.27. The van der Waals surface area contributed by atoms with E-state index in [-0.39, 0.29) is 0 Å². The van der Waals surface area contributed by atoms with E-state index in [1.54, 1.807) is 13.8 Å². The third-order valence-electron chi connectivity index (χ3n) is 1.28. The molecule has 0 bridgehead atoms. The summed E-state index contributed by atoms with van der Waals surface area (Å²) in [7, 11) is 0. The van der Waals surface area contributed by atoms with Gasteiger partial charge < -0.3 is 0 Å². The van der Waals surface area contributed by atoms with Crippen LogP contribution in [0.4, 0.5) is 17.6 Å². The lowest BCUT2D eigenvalue weighted by molar-refractivity contribution is -0.0883. The Morgan fingerprint density at radius 2 is 1.50 bits per heavy atom. The van der Waals surface area contributed by atoms with Crippen LogP contribution in [0.25, 0.3) is 0 Å². The highest BCUT2D eigenvalue weighted by Gasteiger charge is 2.31. The first-order chi connectivity index (χ1) is 6.23. The largest absolute Gasteiger partial charge is 0.416 e. The van der Waals surface area contributed by atoms with Gasteiger partial charge in [-0.15, -0.1) is 0 Å². The van der Waals surface area contributed by atoms with Gasteiger partial charge in [-0.3, -0.25) is 0 Å². The summed E-state index contributed by atoms with van der Waals surface area (Å²) in [5.41, 5.74) is -0.268. The van der Waals surface area contributed by atoms with E-state index in [1.165, 1.54) is 6.08 Å². The second kappa shape index (κ2) is 4.98. The predicted molar refractivity (Wildman–Crippen MR) is 48.4 cm³/mol. The first kappa shape index (κ1) is 12.9. The molecule has 0 radical (unpaired) electrons. The number of halogens is 4. The maximum atomic E-state index is 12.3. The Morgan fingerprint density at radius 3 is 1.79 bits per heavy atom. The fourth-order valence-electron chi connectivity index (χ4n) is 0.695. The third-order valence-corrected chi connectivity index (χ3v) is 1.28. The molecule has 0 aromatic heterocycles. The van der Waals surface area contributed by atoms with Crippen LogP contribution in [0.1, 0.15) is 20.8 Å². The number of alkyl halides is 3. The Labute approximate surface area is 80.6 Å². The zero-order chi connectivity index (χ0) is 11.4. The molecule has 0 spiro atoms. The van der Waals surface area contributed by atoms with Gasteiger partial charge in [0.15, 0.2) is 0 Å². The summed E-state index contributed by atoms with van der Waals surface area (Å²) in [5, 5.41) is 0. The van der Waals surface area contributed by atoms with Crippen LogP contribution in [-0.2, 0) is 0 Å². The van der Waals surface area contributed by atoms with E-state index in [0.29, 0.717) is 6.08 Å². The van der Waals surface area contributed by atoms with Crippen LogP contribution < -0.4 is 0 Å². The predicted octanol–water partition coefficient (Wildman–Crippen LogP) is 4.31. The average molecular weight is 208 g/mol. The molecule has 80 valence electrons. The van der Waals surface area contributed by atoms with Gasteiger partial charge in [-0.05, 0) is 32.9 Å². The van der Waals surface area contributed by atoms with Crippen molar-refractivity contribution in [3.8, 4) is 0 Å². The molecule has 0 saturated carbocycles. The molecule has 0 N–H and O–H groups in total. The van der Waals surface area contributed by atoms with Crippen molar-refractivity contribution in [2.75, 3.05) is 0 Å². The van der Waals surface area contributed by atoms with Crippen LogP contribution in [0.3, 0.4) is 0 Å². The van der Waals surface area contributed by atoms with Crippen molar-refractivity contribution in [2.24, 2.45) is 0 Å². The molecule has 0 atom stereocenters. The second-order valence-corrected chi connectivity index (χ2v) is 3.09. The van der Waals surface area contributed by atoms with E-state index in [2.05, 4.69) is 0 Å². The zero-order valence-electron chi connectivity index (χ0n) is 8.24. The fourth-order valence-corrected chi connectivity index (χ4v) is 0.695. The molecule has 0 aliphatic rings. The third kappa shape index (κ3) is 5.56. The lowest BCUT2D eigenvalue weighted by Crippen LogP contribution is -2.09. The molecule has 0 unspecified atom stereocenters. The Kier molecular flexibility index (Phi) is 4.60. The van der Waals surface area contributed by atoms with E-state index >= 15 is 0 Å². The van der Waals surface area contributed by atoms with E-state index in [9.17, 15) is 17.6 Å². The lowest BCUT2D eigenvalue weighted by atomic mass is 10.2. The van der Waals surface area contributed by atoms with Crippen molar-refractivity contribution < 1.29 is 17.6 Å². The van der Waals surface area contributed by atoms with E-state index in [1.807, 2.05) is 0 Å². The highest BCUT2D eigenvalue weighted by molar-refractivity contribution is 5.30. The van der Waals surface area contributed by atoms with Gasteiger partial charge in [-0.2, -0.15) is 13.2 Å². The molecule has 0 saturated heterocycles. The summed E-state index contributed by atoms with van der Waals surface area (Å²) in [6.07, 6.45) is -1.89. The van der Waals surface area contributed by atoms with Crippen LogP contribution in [0.2, 0.25) is 0 Å². The molecule has 4 heteroatoms. The summed E-state index contributed by atoms with van der Waals surface area (Å²) >= 11 is 0. The monoisotopic (exact) mass is 208 g/mol. The van der Waals surface area contributed by atoms with Gasteiger partial charge in [0.2, 0.25) is 0 Å². The Balaban J connectivity index is 5.03. The normalized spacial score (nSPS) is 14.2. The summed E-state index contributed by atoms with van der Waals surface area (Å²) in [5.74, 6) is -0.865. The van der Waals surface area contributed by atoms with Gasteiger partial charge in [0.25, 0.3) is 0 Å². The molecule has 0 aliphatic carbocycles. The second-order valence-electron chi connectivity index (χ2n) is 3.09. The maximum absolute atomic E-state index is 12.3. The molecular weight excluding hydrogens is 196 g/mol. The van der Waals surface area contributed by atoms with E-state index in [0.717, 1.165) is 18.6 Å². The summed E-state index contributed by atoms with van der Waals surface area (Å²) in [4.78, 5) is 0. The first-order valence-corrected chi connectivity index (χ1v) is 3.99. The molecule has 0 aromatic rings. The number of rotatable bonds is 2. The fraction of sp³-hybridized carbons (Fsp3) is 0.400. The van der Waals surface area contributed by atoms with Crippen LogP contribution in [-0.4, -0.2) is 6.18 Å². The quantitative estimate of drug-likeness (QED) is 0.468. The highest BCUT2D eigenvalue weighted by atomic mass is 19.4. The smallest absolute Gasteiger partial charge is 0.212 e. The minimum atomic E-state index is -4.51. The standard InChI is InChI=1S/C10H12F4/c1-7(2)4-5-9(6-8(3)11)10(12,13)14/h4-6H,1-3H3. The van der Waals surface area contributed by atoms with Crippen LogP contribution in [0.15, 0.2) is 35.2 Å². The van der Waals surface area contributed by atoms with E-state index < -0.39 is 17.6 Å². The molecule has 14 heavy (non-hydrogen) atoms. The molecule has 0 nitrogen and oxygen atoms in total. The summed E-state index contributed by atoms with van der Waals surface area (Å²) in [6, 6.07) is 0. The molecule has 0 aliphatic heterocycles. The van der Waals surface area contributed by atoms with Gasteiger partial charge in [0, 0.05) is 0 Å². The molecule has 0 aromatic carbocycles. The maximum Gasteiger partial charge on any atom is 0.416 e. The van der Waals surface area contributed by atoms with Crippen molar-refractivity contribution in [3.05, 3.63) is 35.2 Å². The molecular formula is C10H12F4. The molecule has 0 amide bonds. The number of allylic oxidation sites excluding steroid dienone is 6. The van der Waals surface area contributed by atoms with Crippen molar-refractivity contribution in [2.45, 2.75) is 26.9 Å². The van der Waals surface area contributed by atoms with Crippen molar-refractivity contribution in [1.82, 2.24) is 0 Å². The van der Waals surface area contributed by atoms with Gasteiger partial charge in [-0.1, -0.05) is 11.6 Å². The van der Waals surface area contributed by atoms with Crippen LogP contribution >= 0.6 is 0 Å². The van der Waals surface area contributed by atoms with Gasteiger partial charge >= 0.3 is 6.18 Å². The van der Waals surface area contributed by atoms with E-state index in [4.69, 9.17) is 0 Å². The lowest BCUT2D eigenvalue weighted by Gasteiger charge is -2.06. The minimum absolute atomic E-state index is 0.472. The van der Waals surface area contributed by atoms with Crippen molar-refractivity contribution >= 4 is 0 Å². The van der Waals surface area contributed by atoms with Crippen molar-refractivity contribution in [1.29, 1.82) is 0 Å².